The average molecular weight is 484 g/mol. The molecule has 0 aliphatic carbocycles. The second kappa shape index (κ2) is 9.07. The number of hydrogen-bond donors (Lipinski definition) is 2. The molecule has 2 N–H and O–H groups in total. The van der Waals surface area contributed by atoms with E-state index in [1.54, 1.807) is 36.4 Å². The van der Waals surface area contributed by atoms with Crippen LogP contribution in [0.5, 0.6) is 11.5 Å². The highest BCUT2D eigenvalue weighted by Crippen LogP contribution is 2.39. The minimum atomic E-state index is -1.02. The molecule has 8 heteroatoms. The van der Waals surface area contributed by atoms with Crippen LogP contribution in [-0.2, 0) is 9.53 Å². The topological polar surface area (TPSA) is 127 Å². The molecule has 0 saturated carbocycles. The van der Waals surface area contributed by atoms with Crippen LogP contribution in [0.2, 0.25) is 0 Å². The Balaban J connectivity index is 1.76. The van der Waals surface area contributed by atoms with Crippen LogP contribution in [0.3, 0.4) is 0 Å². The Kier molecular flexibility index (Phi) is 5.77. The first-order valence-electron chi connectivity index (χ1n) is 11.0. The molecule has 5 aromatic rings. The molecule has 0 aliphatic rings. The summed E-state index contributed by atoms with van der Waals surface area (Å²) in [5.41, 5.74) is 0.602. The van der Waals surface area contributed by atoms with Gasteiger partial charge in [0.2, 0.25) is 5.43 Å². The monoisotopic (exact) mass is 484 g/mol. The predicted octanol–water partition coefficient (Wildman–Crippen LogP) is 4.67. The maximum absolute atomic E-state index is 13.4. The van der Waals surface area contributed by atoms with E-state index in [0.29, 0.717) is 16.5 Å². The van der Waals surface area contributed by atoms with Crippen molar-refractivity contribution in [3.05, 3.63) is 105 Å². The van der Waals surface area contributed by atoms with Gasteiger partial charge in [-0.15, -0.1) is 0 Å². The maximum atomic E-state index is 13.4. The van der Waals surface area contributed by atoms with E-state index in [-0.39, 0.29) is 56.4 Å². The molecule has 1 atom stereocenters. The SMILES string of the molecule is COC(=O)CC(c1coc2ccccc2c1=O)c1c(O)ccc2c(=O)c(-c3ccc(O)cc3)coc12. The van der Waals surface area contributed by atoms with Gasteiger partial charge in [-0.2, -0.15) is 0 Å². The van der Waals surface area contributed by atoms with E-state index in [2.05, 4.69) is 0 Å². The Morgan fingerprint density at radius 2 is 1.64 bits per heavy atom. The van der Waals surface area contributed by atoms with E-state index >= 15 is 0 Å². The van der Waals surface area contributed by atoms with Gasteiger partial charge in [0.05, 0.1) is 36.1 Å². The van der Waals surface area contributed by atoms with Crippen molar-refractivity contribution in [2.24, 2.45) is 0 Å². The molecule has 0 fully saturated rings. The number of rotatable bonds is 5. The minimum absolute atomic E-state index is 0.0315. The van der Waals surface area contributed by atoms with Gasteiger partial charge >= 0.3 is 5.97 Å². The molecule has 180 valence electrons. The molecule has 0 amide bonds. The smallest absolute Gasteiger partial charge is 0.306 e. The number of carbonyl (C=O) groups excluding carboxylic acids is 1. The van der Waals surface area contributed by atoms with Gasteiger partial charge in [-0.05, 0) is 42.0 Å². The van der Waals surface area contributed by atoms with Gasteiger partial charge in [0.25, 0.3) is 0 Å². The minimum Gasteiger partial charge on any atom is -0.508 e. The number of benzene rings is 3. The van der Waals surface area contributed by atoms with E-state index in [1.165, 1.54) is 43.9 Å². The molecule has 8 nitrogen and oxygen atoms in total. The molecule has 2 heterocycles. The average Bonchev–Trinajstić information content (AvgIpc) is 2.89. The Bertz CT molecular complexity index is 1730. The van der Waals surface area contributed by atoms with Crippen LogP contribution in [0, 0.1) is 0 Å². The number of ether oxygens (including phenoxy) is 1. The largest absolute Gasteiger partial charge is 0.508 e. The van der Waals surface area contributed by atoms with Crippen LogP contribution < -0.4 is 10.9 Å². The number of aromatic hydroxyl groups is 2. The van der Waals surface area contributed by atoms with Crippen LogP contribution in [0.1, 0.15) is 23.5 Å². The highest BCUT2D eigenvalue weighted by atomic mass is 16.5. The summed E-state index contributed by atoms with van der Waals surface area (Å²) in [6.07, 6.45) is 2.19. The van der Waals surface area contributed by atoms with Crippen molar-refractivity contribution in [2.75, 3.05) is 7.11 Å². The first-order valence-corrected chi connectivity index (χ1v) is 11.0. The zero-order valence-electron chi connectivity index (χ0n) is 19.1. The fraction of sp³-hybridized carbons (Fsp3) is 0.107. The van der Waals surface area contributed by atoms with Gasteiger partial charge in [-0.1, -0.05) is 24.3 Å². The van der Waals surface area contributed by atoms with Gasteiger partial charge in [0.1, 0.15) is 28.9 Å². The molecular formula is C28H20O8. The van der Waals surface area contributed by atoms with Crippen molar-refractivity contribution < 1.29 is 28.6 Å². The Labute approximate surface area is 203 Å². The zero-order valence-corrected chi connectivity index (χ0v) is 19.1. The highest BCUT2D eigenvalue weighted by molar-refractivity contribution is 5.88. The number of hydrogen-bond acceptors (Lipinski definition) is 8. The van der Waals surface area contributed by atoms with E-state index in [1.807, 2.05) is 0 Å². The standard InChI is InChI=1S/C28H20O8/c1-34-24(31)12-19(21-14-35-23-5-3-2-4-17(23)26(21)32)25-22(30)11-10-18-27(33)20(13-36-28(18)25)15-6-8-16(29)9-7-15/h2-11,13-14,19,29-30H,12H2,1H3. The number of fused-ring (bicyclic) bond motifs is 2. The van der Waals surface area contributed by atoms with Crippen molar-refractivity contribution in [3.63, 3.8) is 0 Å². The number of methoxy groups -OCH3 is 1. The van der Waals surface area contributed by atoms with Crippen molar-refractivity contribution in [2.45, 2.75) is 12.3 Å². The molecule has 0 saturated heterocycles. The van der Waals surface area contributed by atoms with Gasteiger partial charge in [-0.3, -0.25) is 14.4 Å². The third-order valence-electron chi connectivity index (χ3n) is 6.16. The third kappa shape index (κ3) is 3.88. The van der Waals surface area contributed by atoms with Gasteiger partial charge in [0.15, 0.2) is 5.43 Å². The van der Waals surface area contributed by atoms with E-state index in [4.69, 9.17) is 13.6 Å². The molecule has 5 rings (SSSR count). The molecule has 36 heavy (non-hydrogen) atoms. The van der Waals surface area contributed by atoms with Crippen LogP contribution in [0.25, 0.3) is 33.1 Å². The lowest BCUT2D eigenvalue weighted by molar-refractivity contribution is -0.140. The Hall–Kier alpha value is -4.85. The first-order chi connectivity index (χ1) is 17.4. The summed E-state index contributed by atoms with van der Waals surface area (Å²) >= 11 is 0. The van der Waals surface area contributed by atoms with Crippen LogP contribution >= 0.6 is 0 Å². The van der Waals surface area contributed by atoms with Crippen LogP contribution in [-0.4, -0.2) is 23.3 Å². The fourth-order valence-electron chi connectivity index (χ4n) is 4.34. The molecule has 0 bridgehead atoms. The van der Waals surface area contributed by atoms with Crippen LogP contribution in [0.4, 0.5) is 0 Å². The number of phenols is 2. The highest BCUT2D eigenvalue weighted by Gasteiger charge is 2.29. The summed E-state index contributed by atoms with van der Waals surface area (Å²) in [5, 5.41) is 20.9. The molecule has 0 aliphatic heterocycles. The van der Waals surface area contributed by atoms with Gasteiger partial charge < -0.3 is 23.8 Å². The normalized spacial score (nSPS) is 12.0. The number of carbonyl (C=O) groups is 1. The summed E-state index contributed by atoms with van der Waals surface area (Å²) in [6.45, 7) is 0. The van der Waals surface area contributed by atoms with Gasteiger partial charge in [0, 0.05) is 17.0 Å². The number of esters is 1. The Morgan fingerprint density at radius 1 is 0.889 bits per heavy atom. The number of para-hydroxylation sites is 1. The number of phenolic OH excluding ortho intramolecular Hbond substituents is 2. The summed E-state index contributed by atoms with van der Waals surface area (Å²) in [4.78, 5) is 39.1. The molecule has 0 spiro atoms. The summed E-state index contributed by atoms with van der Waals surface area (Å²) in [5.74, 6) is -1.86. The second-order valence-electron chi connectivity index (χ2n) is 8.25. The van der Waals surface area contributed by atoms with Crippen molar-refractivity contribution >= 4 is 27.9 Å². The van der Waals surface area contributed by atoms with Crippen molar-refractivity contribution in [3.8, 4) is 22.6 Å². The van der Waals surface area contributed by atoms with E-state index < -0.39 is 11.9 Å². The first kappa shape index (κ1) is 22.9. The summed E-state index contributed by atoms with van der Waals surface area (Å²) in [6, 6.07) is 15.5. The van der Waals surface area contributed by atoms with E-state index in [0.717, 1.165) is 0 Å². The zero-order chi connectivity index (χ0) is 25.4. The van der Waals surface area contributed by atoms with E-state index in [9.17, 15) is 24.6 Å². The maximum Gasteiger partial charge on any atom is 0.306 e. The summed E-state index contributed by atoms with van der Waals surface area (Å²) in [7, 11) is 1.22. The second-order valence-corrected chi connectivity index (χ2v) is 8.25. The van der Waals surface area contributed by atoms with Crippen molar-refractivity contribution in [1.29, 1.82) is 0 Å². The lowest BCUT2D eigenvalue weighted by Gasteiger charge is -2.19. The fourth-order valence-corrected chi connectivity index (χ4v) is 4.34. The van der Waals surface area contributed by atoms with Gasteiger partial charge in [-0.25, -0.2) is 0 Å². The molecule has 2 aromatic heterocycles. The molecular weight excluding hydrogens is 464 g/mol. The lowest BCUT2D eigenvalue weighted by Crippen LogP contribution is -2.19. The third-order valence-corrected chi connectivity index (χ3v) is 6.16. The summed E-state index contributed by atoms with van der Waals surface area (Å²) < 4.78 is 16.4. The lowest BCUT2D eigenvalue weighted by atomic mass is 9.86. The molecule has 0 radical (unpaired) electrons. The molecule has 3 aromatic carbocycles. The van der Waals surface area contributed by atoms with Crippen molar-refractivity contribution in [1.82, 2.24) is 0 Å². The van der Waals surface area contributed by atoms with Crippen LogP contribution in [0.15, 0.2) is 91.6 Å². The Morgan fingerprint density at radius 3 is 2.39 bits per heavy atom. The quantitative estimate of drug-likeness (QED) is 0.345. The molecule has 1 unspecified atom stereocenters. The predicted molar refractivity (Wildman–Crippen MR) is 132 cm³/mol.